The van der Waals surface area contributed by atoms with Gasteiger partial charge in [0.1, 0.15) is 0 Å². The third-order valence-corrected chi connectivity index (χ3v) is 1.60. The number of rotatable bonds is 1. The summed E-state index contributed by atoms with van der Waals surface area (Å²) in [7, 11) is 0. The van der Waals surface area contributed by atoms with Gasteiger partial charge in [-0.15, -0.1) is 0 Å². The lowest BCUT2D eigenvalue weighted by molar-refractivity contribution is 1.50. The van der Waals surface area contributed by atoms with Crippen LogP contribution >= 0.6 is 0 Å². The molecule has 0 saturated carbocycles. The Bertz CT molecular complexity index is 345. The Balaban J connectivity index is -0.000000285. The van der Waals surface area contributed by atoms with Crippen molar-refractivity contribution >= 4 is 12.2 Å². The van der Waals surface area contributed by atoms with Crippen LogP contribution in [0.1, 0.15) is 48.5 Å². The fourth-order valence-electron chi connectivity index (χ4n) is 1.05. The molecule has 0 aliphatic carbocycles. The Hall–Kier alpha value is -1.30. The normalized spacial score (nSPS) is 9.82. The molecule has 0 fully saturated rings. The molecule has 98 valence electrons. The minimum absolute atomic E-state index is 1.23. The Kier molecular flexibility index (Phi) is 24.9. The van der Waals surface area contributed by atoms with Gasteiger partial charge in [0.25, 0.3) is 0 Å². The highest BCUT2D eigenvalue weighted by atomic mass is 13.8. The van der Waals surface area contributed by atoms with Crippen molar-refractivity contribution in [3.05, 3.63) is 47.4 Å². The lowest BCUT2D eigenvalue weighted by Crippen LogP contribution is -2.22. The van der Waals surface area contributed by atoms with Crippen molar-refractivity contribution in [1.82, 2.24) is 0 Å². The van der Waals surface area contributed by atoms with Gasteiger partial charge in [-0.2, -0.15) is 0 Å². The van der Waals surface area contributed by atoms with Crippen LogP contribution in [0.3, 0.4) is 0 Å². The van der Waals surface area contributed by atoms with E-state index in [0.717, 1.165) is 0 Å². The van der Waals surface area contributed by atoms with E-state index in [1.54, 1.807) is 0 Å². The van der Waals surface area contributed by atoms with Gasteiger partial charge >= 0.3 is 0 Å². The summed E-state index contributed by atoms with van der Waals surface area (Å²) in [6.45, 7) is 17.7. The van der Waals surface area contributed by atoms with Crippen molar-refractivity contribution < 1.29 is 0 Å². The Labute approximate surface area is 108 Å². The second-order valence-electron chi connectivity index (χ2n) is 2.32. The molecule has 17 heavy (non-hydrogen) atoms. The summed E-state index contributed by atoms with van der Waals surface area (Å²) >= 11 is 0. The van der Waals surface area contributed by atoms with E-state index < -0.39 is 0 Å². The second-order valence-corrected chi connectivity index (χ2v) is 2.32. The Morgan fingerprint density at radius 3 is 1.59 bits per heavy atom. The van der Waals surface area contributed by atoms with Gasteiger partial charge in [-0.05, 0) is 17.4 Å². The van der Waals surface area contributed by atoms with E-state index in [9.17, 15) is 0 Å². The minimum Gasteiger partial charge on any atom is -0.0990 e. The average molecular weight is 234 g/mol. The van der Waals surface area contributed by atoms with Gasteiger partial charge in [-0.1, -0.05) is 90.6 Å². The first-order chi connectivity index (χ1) is 8.38. The summed E-state index contributed by atoms with van der Waals surface area (Å²) in [6.07, 6.45) is 5.91. The number of hydrogen-bond acceptors (Lipinski definition) is 0. The summed E-state index contributed by atoms with van der Waals surface area (Å²) in [5.41, 5.74) is 0. The molecule has 0 radical (unpaired) electrons. The molecule has 0 atom stereocenters. The summed E-state index contributed by atoms with van der Waals surface area (Å²) in [5.74, 6) is 0. The topological polar surface area (TPSA) is 0 Å². The van der Waals surface area contributed by atoms with Crippen LogP contribution in [-0.2, 0) is 0 Å². The number of benzene rings is 1. The fraction of sp³-hybridized carbons (Fsp3) is 0.412. The van der Waals surface area contributed by atoms with Crippen molar-refractivity contribution in [3.63, 3.8) is 0 Å². The summed E-state index contributed by atoms with van der Waals surface area (Å²) < 4.78 is 0. The van der Waals surface area contributed by atoms with Crippen LogP contribution in [0.4, 0.5) is 0 Å². The van der Waals surface area contributed by atoms with Crippen LogP contribution in [-0.4, -0.2) is 0 Å². The third kappa shape index (κ3) is 11.0. The monoisotopic (exact) mass is 234 g/mol. The maximum Gasteiger partial charge on any atom is -0.0188 e. The molecule has 0 nitrogen and oxygen atoms in total. The van der Waals surface area contributed by atoms with E-state index in [2.05, 4.69) is 24.8 Å². The van der Waals surface area contributed by atoms with E-state index in [1.165, 1.54) is 10.4 Å². The minimum atomic E-state index is 1.23. The predicted molar refractivity (Wildman–Crippen MR) is 84.5 cm³/mol. The lowest BCUT2D eigenvalue weighted by atomic mass is 10.2. The maximum atomic E-state index is 3.66. The molecular formula is C17H30. The first-order valence-electron chi connectivity index (χ1n) is 6.72. The van der Waals surface area contributed by atoms with Crippen molar-refractivity contribution in [2.24, 2.45) is 0 Å². The molecular weight excluding hydrogens is 204 g/mol. The van der Waals surface area contributed by atoms with Crippen molar-refractivity contribution in [1.29, 1.82) is 0 Å². The summed E-state index contributed by atoms with van der Waals surface area (Å²) in [6, 6.07) is 8.24. The zero-order chi connectivity index (χ0) is 14.1. The molecule has 0 bridgehead atoms. The van der Waals surface area contributed by atoms with Gasteiger partial charge in [0.05, 0.1) is 0 Å². The Morgan fingerprint density at radius 1 is 0.824 bits per heavy atom. The third-order valence-electron chi connectivity index (χ3n) is 1.60. The number of allylic oxidation sites excluding steroid dienone is 1. The molecule has 0 heterocycles. The molecule has 1 aromatic rings. The highest BCUT2D eigenvalue weighted by Gasteiger charge is 1.78. The average Bonchev–Trinajstić information content (AvgIpc) is 2.46. The largest absolute Gasteiger partial charge is 0.0990 e. The lowest BCUT2D eigenvalue weighted by Gasteiger charge is -1.86. The smallest absolute Gasteiger partial charge is 0.0188 e. The molecule has 0 saturated heterocycles. The molecule has 0 aliphatic heterocycles. The molecule has 0 spiro atoms. The first-order valence-corrected chi connectivity index (χ1v) is 6.72. The SMILES string of the molecule is C=C/C=c1/cccc/c1=C/C.CC.CC.CC. The van der Waals surface area contributed by atoms with Crippen LogP contribution in [0.25, 0.3) is 12.2 Å². The van der Waals surface area contributed by atoms with Gasteiger partial charge in [-0.25, -0.2) is 0 Å². The maximum absolute atomic E-state index is 3.66. The van der Waals surface area contributed by atoms with Crippen molar-refractivity contribution in [3.8, 4) is 0 Å². The molecule has 0 aromatic heterocycles. The summed E-state index contributed by atoms with van der Waals surface area (Å²) in [5, 5.41) is 2.48. The van der Waals surface area contributed by atoms with E-state index in [-0.39, 0.29) is 0 Å². The molecule has 0 N–H and O–H groups in total. The second kappa shape index (κ2) is 20.2. The van der Waals surface area contributed by atoms with Crippen LogP contribution < -0.4 is 10.4 Å². The zero-order valence-electron chi connectivity index (χ0n) is 12.7. The van der Waals surface area contributed by atoms with Gasteiger partial charge in [0.2, 0.25) is 0 Å². The molecule has 1 aromatic carbocycles. The molecule has 1 rings (SSSR count). The molecule has 0 unspecified atom stereocenters. The highest BCUT2D eigenvalue weighted by Crippen LogP contribution is 1.72. The van der Waals surface area contributed by atoms with Crippen LogP contribution in [0, 0.1) is 0 Å². The summed E-state index contributed by atoms with van der Waals surface area (Å²) in [4.78, 5) is 0. The van der Waals surface area contributed by atoms with Gasteiger partial charge in [0, 0.05) is 0 Å². The molecule has 0 amide bonds. The number of hydrogen-bond donors (Lipinski definition) is 0. The van der Waals surface area contributed by atoms with Crippen LogP contribution in [0.5, 0.6) is 0 Å². The van der Waals surface area contributed by atoms with Gasteiger partial charge < -0.3 is 0 Å². The van der Waals surface area contributed by atoms with Gasteiger partial charge in [-0.3, -0.25) is 0 Å². The quantitative estimate of drug-likeness (QED) is 0.669. The standard InChI is InChI=1S/C11H12.3C2H6/c1-3-7-11-9-6-5-8-10(11)4-2;3*1-2/h3-9H,1H2,2H3;3*1-2H3/b10-4-,11-7-;;;. The van der Waals surface area contributed by atoms with E-state index in [4.69, 9.17) is 0 Å². The van der Waals surface area contributed by atoms with Crippen LogP contribution in [0.2, 0.25) is 0 Å². The fourth-order valence-corrected chi connectivity index (χ4v) is 1.05. The van der Waals surface area contributed by atoms with E-state index in [1.807, 2.05) is 72.8 Å². The van der Waals surface area contributed by atoms with Crippen molar-refractivity contribution in [2.45, 2.75) is 48.5 Å². The molecule has 0 heteroatoms. The van der Waals surface area contributed by atoms with Crippen molar-refractivity contribution in [2.75, 3.05) is 0 Å². The highest BCUT2D eigenvalue weighted by molar-refractivity contribution is 5.37. The van der Waals surface area contributed by atoms with E-state index in [0.29, 0.717) is 0 Å². The first kappa shape index (κ1) is 21.0. The zero-order valence-corrected chi connectivity index (χ0v) is 12.7. The molecule has 0 aliphatic rings. The van der Waals surface area contributed by atoms with Crippen LogP contribution in [0.15, 0.2) is 36.9 Å². The predicted octanol–water partition coefficient (Wildman–Crippen LogP) is 4.53. The Morgan fingerprint density at radius 2 is 1.24 bits per heavy atom. The van der Waals surface area contributed by atoms with Gasteiger partial charge in [0.15, 0.2) is 0 Å². The van der Waals surface area contributed by atoms with E-state index >= 15 is 0 Å².